The van der Waals surface area contributed by atoms with Crippen LogP contribution in [0.5, 0.6) is 0 Å². The van der Waals surface area contributed by atoms with Gasteiger partial charge >= 0.3 is 15.1 Å². The summed E-state index contributed by atoms with van der Waals surface area (Å²) in [5.74, 6) is 0. The number of rotatable bonds is 6. The number of hydrogen-bond acceptors (Lipinski definition) is 0. The zero-order chi connectivity index (χ0) is 31.8. The predicted molar refractivity (Wildman–Crippen MR) is 201 cm³/mol. The highest BCUT2D eigenvalue weighted by atomic mass is 31.2. The van der Waals surface area contributed by atoms with E-state index in [0.717, 1.165) is 12.3 Å². The summed E-state index contributed by atoms with van der Waals surface area (Å²) in [5.41, 5.74) is 0. The maximum atomic E-state index is 6.98. The monoisotopic (exact) mass is 604 g/mol. The van der Waals surface area contributed by atoms with Crippen molar-refractivity contribution in [2.75, 3.05) is 51.3 Å². The molecule has 0 amide bonds. The van der Waals surface area contributed by atoms with Gasteiger partial charge in [-0.3, -0.25) is 0 Å². The van der Waals surface area contributed by atoms with E-state index < -0.39 is 28.8 Å². The summed E-state index contributed by atoms with van der Waals surface area (Å²) in [6, 6.07) is 0. The Kier molecular flexibility index (Phi) is 14.2. The molecule has 0 aliphatic heterocycles. The molecule has 1 unspecified atom stereocenters. The van der Waals surface area contributed by atoms with E-state index in [0.29, 0.717) is 15.5 Å². The lowest BCUT2D eigenvalue weighted by molar-refractivity contribution is 0.687. The molecule has 38 heavy (non-hydrogen) atoms. The van der Waals surface area contributed by atoms with Gasteiger partial charge in [-0.1, -0.05) is 0 Å². The second-order valence-corrected chi connectivity index (χ2v) is 38.8. The molecule has 1 atom stereocenters. The first-order valence-electron chi connectivity index (χ1n) is 14.9. The molecule has 4 radical (unpaired) electrons. The molecule has 0 aromatic carbocycles. The Balaban J connectivity index is 0. The first kappa shape index (κ1) is 42.0. The average Bonchev–Trinajstić information content (AvgIpc) is 2.59. The van der Waals surface area contributed by atoms with Gasteiger partial charge in [0.1, 0.15) is 0 Å². The van der Waals surface area contributed by atoms with Gasteiger partial charge in [0, 0.05) is 34.5 Å². The summed E-state index contributed by atoms with van der Waals surface area (Å²) >= 11 is 0. The van der Waals surface area contributed by atoms with Gasteiger partial charge in [0.2, 0.25) is 0 Å². The van der Waals surface area contributed by atoms with E-state index >= 15 is 0 Å². The van der Waals surface area contributed by atoms with E-state index in [1.165, 1.54) is 12.3 Å². The predicted octanol–water partition coefficient (Wildman–Crippen LogP) is 11.5. The van der Waals surface area contributed by atoms with Crippen molar-refractivity contribution in [1.82, 2.24) is 0 Å². The van der Waals surface area contributed by atoms with Gasteiger partial charge in [-0.05, 0) is 139 Å². The molecule has 0 rings (SSSR count). The molecule has 224 valence electrons. The van der Waals surface area contributed by atoms with Crippen molar-refractivity contribution in [2.45, 2.75) is 156 Å². The summed E-state index contributed by atoms with van der Waals surface area (Å²) in [6.07, 6.45) is 5.13. The van der Waals surface area contributed by atoms with Crippen LogP contribution in [0.3, 0.4) is 0 Å². The molecular weight excluding hydrogens is 530 g/mol. The second kappa shape index (κ2) is 12.8. The molecule has 0 saturated heterocycles. The van der Waals surface area contributed by atoms with Gasteiger partial charge in [0.05, 0.1) is 62.2 Å². The highest BCUT2D eigenvalue weighted by Gasteiger charge is 2.56. The van der Waals surface area contributed by atoms with Crippen LogP contribution in [-0.2, 0) is 0 Å². The largest absolute Gasteiger partial charge is 0.366 e. The van der Waals surface area contributed by atoms with E-state index in [-0.39, 0.29) is 15.5 Å². The lowest BCUT2D eigenvalue weighted by atomic mass is 10.2. The van der Waals surface area contributed by atoms with Gasteiger partial charge in [-0.2, -0.15) is 0 Å². The molecule has 0 N–H and O–H groups in total. The molecule has 0 saturated carbocycles. The van der Waals surface area contributed by atoms with Crippen LogP contribution in [0.4, 0.5) is 0 Å². The van der Waals surface area contributed by atoms with Crippen molar-refractivity contribution in [3.8, 4) is 0 Å². The minimum absolute atomic E-state index is 0.184. The fourth-order valence-corrected chi connectivity index (χ4v) is 19.4. The highest BCUT2D eigenvalue weighted by Crippen LogP contribution is 2.77. The summed E-state index contributed by atoms with van der Waals surface area (Å²) in [5, 5.41) is 2.00. The molecule has 0 aliphatic carbocycles. The molecule has 0 aliphatic rings. The van der Waals surface area contributed by atoms with Crippen LogP contribution >= 0.6 is 28.8 Å². The Labute approximate surface area is 250 Å². The molecule has 0 aromatic rings. The van der Waals surface area contributed by atoms with Crippen molar-refractivity contribution in [2.24, 2.45) is 0 Å². The van der Waals surface area contributed by atoms with Gasteiger partial charge in [-0.15, -0.1) is 0 Å². The van der Waals surface area contributed by atoms with E-state index in [2.05, 4.69) is 151 Å². The van der Waals surface area contributed by atoms with Crippen molar-refractivity contribution >= 4 is 43.9 Å². The van der Waals surface area contributed by atoms with Crippen LogP contribution in [0, 0.1) is 0 Å². The summed E-state index contributed by atoms with van der Waals surface area (Å²) in [7, 11) is 8.86. The fourth-order valence-electron chi connectivity index (χ4n) is 4.84. The lowest BCUT2D eigenvalue weighted by Crippen LogP contribution is -2.37. The van der Waals surface area contributed by atoms with Crippen LogP contribution in [0.15, 0.2) is 0 Å². The molecule has 0 bridgehead atoms. The van der Waals surface area contributed by atoms with Crippen molar-refractivity contribution in [3.63, 3.8) is 0 Å². The van der Waals surface area contributed by atoms with Crippen LogP contribution in [-0.4, -0.2) is 97.4 Å². The quantitative estimate of drug-likeness (QED) is 0.209. The third-order valence-electron chi connectivity index (χ3n) is 10.7. The van der Waals surface area contributed by atoms with Crippen LogP contribution in [0.1, 0.15) is 125 Å². The average molecular weight is 604 g/mol. The van der Waals surface area contributed by atoms with Gasteiger partial charge in [0.15, 0.2) is 0 Å². The molecule has 0 aromatic heterocycles. The summed E-state index contributed by atoms with van der Waals surface area (Å²) < 4.78 is 0. The van der Waals surface area contributed by atoms with Gasteiger partial charge < -0.3 is 0 Å². The van der Waals surface area contributed by atoms with Gasteiger partial charge in [-0.25, -0.2) is 0 Å². The third-order valence-corrected chi connectivity index (χ3v) is 33.4. The third kappa shape index (κ3) is 10.5. The second-order valence-electron chi connectivity index (χ2n) is 18.9. The maximum Gasteiger partial charge on any atom is 0.366 e. The minimum atomic E-state index is -1.56. The summed E-state index contributed by atoms with van der Waals surface area (Å²) in [4.78, 5) is 0. The Morgan fingerprint density at radius 2 is 0.684 bits per heavy atom. The van der Waals surface area contributed by atoms with Crippen molar-refractivity contribution < 1.29 is 0 Å². The zero-order valence-electron chi connectivity index (χ0n) is 30.8. The first-order chi connectivity index (χ1) is 15.9. The summed E-state index contributed by atoms with van der Waals surface area (Å²) in [6.45, 7) is 52.7. The van der Waals surface area contributed by atoms with Crippen molar-refractivity contribution in [1.29, 1.82) is 0 Å². The Morgan fingerprint density at radius 3 is 0.895 bits per heavy atom. The minimum Gasteiger partial charge on any atom is -0.0343 e. The van der Waals surface area contributed by atoms with E-state index in [1.54, 1.807) is 0 Å². The Bertz CT molecular complexity index is 636. The molecule has 0 nitrogen and oxygen atoms in total. The normalized spacial score (nSPS) is 17.0. The maximum absolute atomic E-state index is 6.98. The molecule has 6 heteroatoms. The highest BCUT2D eigenvalue weighted by molar-refractivity contribution is 8.02. The molecule has 0 fully saturated rings. The Morgan fingerprint density at radius 1 is 0.368 bits per heavy atom. The molecule has 0 spiro atoms. The first-order valence-corrected chi connectivity index (χ1v) is 24.7. The van der Waals surface area contributed by atoms with E-state index in [4.69, 9.17) is 15.1 Å². The van der Waals surface area contributed by atoms with Crippen LogP contribution in [0.2, 0.25) is 0 Å². The standard InChI is InChI=1S/C17H40P2.C15H34B2P2/c1-15(2,3)18(10,11)13-14-19(12,16(4,5)6)17(7,8)9;1-13(2,3)18(10,16)11-12-19(17,14(4,5)6)15(7,8)9/h13-14H2,1-12H3;11-12H2,1-10H3/q2*+2. The fraction of sp³-hybridized carbons (Fsp3) is 1.00. The SMILES string of the molecule is CC(C)(C)[P+](C)(C)CC[P+](C)(C(C)(C)C)C(C)(C)C.[B][P+](C)(CC[P+]([B])(C(C)(C)C)C(C)(C)C)C(C)(C)C. The van der Waals surface area contributed by atoms with Crippen LogP contribution in [0.25, 0.3) is 0 Å². The van der Waals surface area contributed by atoms with Crippen molar-refractivity contribution in [3.05, 3.63) is 0 Å². The van der Waals surface area contributed by atoms with Crippen LogP contribution < -0.4 is 0 Å². The number of hydrogen-bond donors (Lipinski definition) is 0. The van der Waals surface area contributed by atoms with Gasteiger partial charge in [0.25, 0.3) is 0 Å². The molecular formula is C32H74B2P4+4. The molecule has 0 heterocycles. The Hall–Kier alpha value is 1.85. The topological polar surface area (TPSA) is 0 Å². The van der Waals surface area contributed by atoms with E-state index in [1.807, 2.05) is 0 Å². The zero-order valence-corrected chi connectivity index (χ0v) is 34.3. The smallest absolute Gasteiger partial charge is 0.0343 e. The lowest BCUT2D eigenvalue weighted by Gasteiger charge is -2.47. The van der Waals surface area contributed by atoms with E-state index in [9.17, 15) is 0 Å².